The van der Waals surface area contributed by atoms with Gasteiger partial charge >= 0.3 is 0 Å². The lowest BCUT2D eigenvalue weighted by Gasteiger charge is -2.23. The maximum atomic E-state index is 12.1. The molecule has 1 unspecified atom stereocenters. The number of ketones is 1. The molecular weight excluding hydrogens is 248 g/mol. The van der Waals surface area contributed by atoms with E-state index in [1.807, 2.05) is 18.2 Å². The second-order valence-electron chi connectivity index (χ2n) is 4.52. The van der Waals surface area contributed by atoms with Crippen molar-refractivity contribution in [3.05, 3.63) is 41.5 Å². The van der Waals surface area contributed by atoms with Gasteiger partial charge in [-0.05, 0) is 11.6 Å². The van der Waals surface area contributed by atoms with Crippen molar-refractivity contribution in [3.8, 4) is 0 Å². The van der Waals surface area contributed by atoms with Crippen molar-refractivity contribution in [1.29, 1.82) is 0 Å². The molecule has 0 bridgehead atoms. The molecule has 0 aliphatic heterocycles. The molecule has 5 heteroatoms. The van der Waals surface area contributed by atoms with Crippen LogP contribution in [0.25, 0.3) is 6.08 Å². The van der Waals surface area contributed by atoms with Crippen LogP contribution in [0, 0.1) is 0 Å². The largest absolute Gasteiger partial charge is 0.393 e. The lowest BCUT2D eigenvalue weighted by molar-refractivity contribution is -0.150. The molecule has 1 aliphatic rings. The molecule has 2 rings (SSSR count). The number of ether oxygens (including phenoxy) is 1. The number of aliphatic hydroxyl groups excluding tert-OH is 2. The summed E-state index contributed by atoms with van der Waals surface area (Å²) in [5.41, 5.74) is -1.29. The van der Waals surface area contributed by atoms with Gasteiger partial charge < -0.3 is 20.1 Å². The molecule has 0 amide bonds. The van der Waals surface area contributed by atoms with E-state index in [1.54, 1.807) is 18.2 Å². The molecule has 1 fully saturated rings. The van der Waals surface area contributed by atoms with E-state index in [2.05, 4.69) is 0 Å². The van der Waals surface area contributed by atoms with Crippen molar-refractivity contribution in [1.82, 2.24) is 0 Å². The van der Waals surface area contributed by atoms with E-state index in [-0.39, 0.29) is 5.57 Å². The van der Waals surface area contributed by atoms with Crippen LogP contribution in [0.15, 0.2) is 35.9 Å². The minimum absolute atomic E-state index is 0.151. The lowest BCUT2D eigenvalue weighted by Crippen LogP contribution is -2.49. The van der Waals surface area contributed by atoms with Gasteiger partial charge in [-0.1, -0.05) is 30.3 Å². The second-order valence-corrected chi connectivity index (χ2v) is 4.52. The van der Waals surface area contributed by atoms with Gasteiger partial charge in [-0.25, -0.2) is 0 Å². The Morgan fingerprint density at radius 1 is 1.37 bits per heavy atom. The fraction of sp³-hybridized carbons (Fsp3) is 0.357. The average molecular weight is 264 g/mol. The Kier molecular flexibility index (Phi) is 3.82. The number of carbonyl (C=O) groups is 1. The monoisotopic (exact) mass is 264 g/mol. The maximum absolute atomic E-state index is 12.1. The minimum atomic E-state index is -2.19. The van der Waals surface area contributed by atoms with Crippen molar-refractivity contribution in [2.45, 2.75) is 17.8 Å². The summed E-state index contributed by atoms with van der Waals surface area (Å²) in [5.74, 6) is -0.710. The third kappa shape index (κ3) is 2.21. The highest BCUT2D eigenvalue weighted by Crippen LogP contribution is 2.34. The van der Waals surface area contributed by atoms with E-state index in [0.29, 0.717) is 0 Å². The van der Waals surface area contributed by atoms with E-state index in [1.165, 1.54) is 7.11 Å². The van der Waals surface area contributed by atoms with Crippen molar-refractivity contribution in [2.24, 2.45) is 0 Å². The summed E-state index contributed by atoms with van der Waals surface area (Å²) in [4.78, 5) is 12.1. The Morgan fingerprint density at radius 2 is 2.00 bits per heavy atom. The summed E-state index contributed by atoms with van der Waals surface area (Å²) >= 11 is 0. The van der Waals surface area contributed by atoms with Gasteiger partial charge in [0.1, 0.15) is 12.2 Å². The number of rotatable bonds is 3. The summed E-state index contributed by atoms with van der Waals surface area (Å²) in [6, 6.07) is 9.03. The Labute approximate surface area is 110 Å². The number of methoxy groups -OCH3 is 1. The van der Waals surface area contributed by atoms with Gasteiger partial charge in [0.25, 0.3) is 0 Å². The highest BCUT2D eigenvalue weighted by atomic mass is 16.5. The first-order chi connectivity index (χ1) is 9.04. The predicted octanol–water partition coefficient (Wildman–Crippen LogP) is -0.248. The van der Waals surface area contributed by atoms with Crippen molar-refractivity contribution in [3.63, 3.8) is 0 Å². The quantitative estimate of drug-likeness (QED) is 0.655. The van der Waals surface area contributed by atoms with Crippen LogP contribution in [0.1, 0.15) is 5.56 Å². The van der Waals surface area contributed by atoms with E-state index in [9.17, 15) is 15.0 Å². The zero-order chi connectivity index (χ0) is 14.0. The molecule has 0 saturated heterocycles. The zero-order valence-electron chi connectivity index (χ0n) is 10.5. The van der Waals surface area contributed by atoms with E-state index in [0.717, 1.165) is 5.56 Å². The minimum Gasteiger partial charge on any atom is -0.393 e. The van der Waals surface area contributed by atoms with Gasteiger partial charge in [0.15, 0.2) is 11.4 Å². The highest BCUT2D eigenvalue weighted by Gasteiger charge is 2.56. The molecule has 19 heavy (non-hydrogen) atoms. The average Bonchev–Trinajstić information content (AvgIpc) is 2.62. The number of benzene rings is 1. The van der Waals surface area contributed by atoms with E-state index in [4.69, 9.17) is 9.84 Å². The summed E-state index contributed by atoms with van der Waals surface area (Å²) in [5, 5.41) is 29.1. The molecule has 0 radical (unpaired) electrons. The molecule has 1 aliphatic carbocycles. The van der Waals surface area contributed by atoms with Crippen LogP contribution in [0.2, 0.25) is 0 Å². The summed E-state index contributed by atoms with van der Waals surface area (Å²) in [6.45, 7) is -0.848. The van der Waals surface area contributed by atoms with Gasteiger partial charge in [0, 0.05) is 12.7 Å². The normalized spacial score (nSPS) is 33.1. The molecule has 5 nitrogen and oxygen atoms in total. The van der Waals surface area contributed by atoms with Crippen molar-refractivity contribution in [2.75, 3.05) is 13.7 Å². The first-order valence-electron chi connectivity index (χ1n) is 5.90. The third-order valence-corrected chi connectivity index (χ3v) is 3.35. The number of hydrogen-bond donors (Lipinski definition) is 3. The Balaban J connectivity index is 2.45. The van der Waals surface area contributed by atoms with Gasteiger partial charge in [0.2, 0.25) is 0 Å². The predicted molar refractivity (Wildman–Crippen MR) is 68.3 cm³/mol. The summed E-state index contributed by atoms with van der Waals surface area (Å²) in [7, 11) is 1.34. The zero-order valence-corrected chi connectivity index (χ0v) is 10.5. The van der Waals surface area contributed by atoms with Gasteiger partial charge in [-0.2, -0.15) is 0 Å². The standard InChI is InChI=1S/C14H16O5/c1-19-11-10(7-9-5-3-2-4-6-9)12(16)14(18,8-15)13(11)17/h2-7,11,13,15,17-18H,8H2,1H3/b10-7+/t11?,13-,14-/m0/s1. The Bertz CT molecular complexity index is 496. The Morgan fingerprint density at radius 3 is 2.53 bits per heavy atom. The Hall–Kier alpha value is -1.53. The molecule has 3 N–H and O–H groups in total. The molecule has 1 aromatic carbocycles. The molecule has 0 aromatic heterocycles. The summed E-state index contributed by atoms with van der Waals surface area (Å²) in [6.07, 6.45) is -0.886. The number of hydrogen-bond acceptors (Lipinski definition) is 5. The number of carbonyl (C=O) groups excluding carboxylic acids is 1. The van der Waals surface area contributed by atoms with Crippen LogP contribution in [0.3, 0.4) is 0 Å². The molecule has 1 aromatic rings. The van der Waals surface area contributed by atoms with Crippen LogP contribution in [0.5, 0.6) is 0 Å². The van der Waals surface area contributed by atoms with Crippen LogP contribution in [-0.2, 0) is 9.53 Å². The lowest BCUT2D eigenvalue weighted by atomic mass is 9.99. The van der Waals surface area contributed by atoms with Crippen molar-refractivity contribution >= 4 is 11.9 Å². The molecular formula is C14H16O5. The fourth-order valence-electron chi connectivity index (χ4n) is 2.23. The highest BCUT2D eigenvalue weighted by molar-refractivity contribution is 6.09. The number of aliphatic hydroxyl groups is 3. The molecule has 0 heterocycles. The maximum Gasteiger partial charge on any atom is 0.198 e. The molecule has 3 atom stereocenters. The van der Waals surface area contributed by atoms with E-state index < -0.39 is 30.2 Å². The molecule has 102 valence electrons. The van der Waals surface area contributed by atoms with Crippen LogP contribution in [0.4, 0.5) is 0 Å². The number of Topliss-reactive ketones (excluding diaryl/α,β-unsaturated/α-hetero) is 1. The van der Waals surface area contributed by atoms with Crippen LogP contribution in [-0.4, -0.2) is 52.6 Å². The SMILES string of the molecule is COC1/C(=C\c2ccccc2)C(=O)[C@@](O)(CO)[C@H]1O. The van der Waals surface area contributed by atoms with Gasteiger partial charge in [0.05, 0.1) is 6.61 Å². The van der Waals surface area contributed by atoms with Crippen LogP contribution >= 0.6 is 0 Å². The smallest absolute Gasteiger partial charge is 0.198 e. The van der Waals surface area contributed by atoms with Crippen molar-refractivity contribution < 1.29 is 24.9 Å². The molecule has 0 spiro atoms. The fourth-order valence-corrected chi connectivity index (χ4v) is 2.23. The first-order valence-corrected chi connectivity index (χ1v) is 5.90. The van der Waals surface area contributed by atoms with Gasteiger partial charge in [-0.3, -0.25) is 4.79 Å². The van der Waals surface area contributed by atoms with Crippen LogP contribution < -0.4 is 0 Å². The second kappa shape index (κ2) is 5.22. The summed E-state index contributed by atoms with van der Waals surface area (Å²) < 4.78 is 5.07. The topological polar surface area (TPSA) is 87.0 Å². The third-order valence-electron chi connectivity index (χ3n) is 3.35. The van der Waals surface area contributed by atoms with E-state index >= 15 is 0 Å². The first kappa shape index (κ1) is 13.9. The molecule has 1 saturated carbocycles. The van der Waals surface area contributed by atoms with Gasteiger partial charge in [-0.15, -0.1) is 0 Å².